The highest BCUT2D eigenvalue weighted by molar-refractivity contribution is 7.92. The molecule has 1 aliphatic carbocycles. The lowest BCUT2D eigenvalue weighted by Gasteiger charge is -2.22. The van der Waals surface area contributed by atoms with E-state index in [0.29, 0.717) is 11.3 Å². The third-order valence-electron chi connectivity index (χ3n) is 3.55. The topological polar surface area (TPSA) is 92.8 Å². The van der Waals surface area contributed by atoms with Gasteiger partial charge >= 0.3 is 5.97 Å². The van der Waals surface area contributed by atoms with Gasteiger partial charge in [-0.2, -0.15) is 0 Å². The van der Waals surface area contributed by atoms with Crippen LogP contribution in [0, 0.1) is 0 Å². The Kier molecular flexibility index (Phi) is 5.82. The molecule has 0 aromatic heterocycles. The molecular weight excluding hydrogens is 332 g/mol. The van der Waals surface area contributed by atoms with E-state index in [4.69, 9.17) is 4.74 Å². The molecule has 1 fully saturated rings. The van der Waals surface area contributed by atoms with Gasteiger partial charge < -0.3 is 10.1 Å². The lowest BCUT2D eigenvalue weighted by molar-refractivity contribution is -0.121. The Morgan fingerprint density at radius 3 is 2.38 bits per heavy atom. The van der Waals surface area contributed by atoms with Crippen molar-refractivity contribution in [2.75, 3.05) is 23.7 Å². The molecule has 1 amide bonds. The van der Waals surface area contributed by atoms with E-state index < -0.39 is 16.0 Å². The number of sulfonamides is 1. The number of ether oxygens (including phenoxy) is 1. The van der Waals surface area contributed by atoms with E-state index in [9.17, 15) is 18.0 Å². The first-order chi connectivity index (χ1) is 11.3. The van der Waals surface area contributed by atoms with Gasteiger partial charge in [0.25, 0.3) is 0 Å². The molecule has 8 heteroatoms. The van der Waals surface area contributed by atoms with E-state index in [1.807, 2.05) is 0 Å². The predicted octanol–water partition coefficient (Wildman–Crippen LogP) is 1.30. The van der Waals surface area contributed by atoms with Crippen LogP contribution >= 0.6 is 0 Å². The summed E-state index contributed by atoms with van der Waals surface area (Å²) < 4.78 is 30.1. The molecule has 1 saturated carbocycles. The predicted molar refractivity (Wildman–Crippen MR) is 90.4 cm³/mol. The highest BCUT2D eigenvalue weighted by atomic mass is 32.2. The largest absolute Gasteiger partial charge is 0.462 e. The Morgan fingerprint density at radius 1 is 1.25 bits per heavy atom. The van der Waals surface area contributed by atoms with Crippen LogP contribution in [0.15, 0.2) is 24.3 Å². The van der Waals surface area contributed by atoms with E-state index in [-0.39, 0.29) is 31.5 Å². The van der Waals surface area contributed by atoms with Crippen molar-refractivity contribution in [3.8, 4) is 0 Å². The van der Waals surface area contributed by atoms with Crippen LogP contribution in [-0.2, 0) is 19.6 Å². The van der Waals surface area contributed by atoms with Gasteiger partial charge in [0.05, 0.1) is 24.1 Å². The average molecular weight is 354 g/mol. The number of hydrogen-bond donors (Lipinski definition) is 1. The Morgan fingerprint density at radius 2 is 1.88 bits per heavy atom. The summed E-state index contributed by atoms with van der Waals surface area (Å²) in [5.74, 6) is -0.618. The quantitative estimate of drug-likeness (QED) is 0.710. The molecule has 1 aromatic rings. The Hall–Kier alpha value is -2.09. The fourth-order valence-corrected chi connectivity index (χ4v) is 3.12. The van der Waals surface area contributed by atoms with Crippen molar-refractivity contribution < 1.29 is 22.7 Å². The van der Waals surface area contributed by atoms with Gasteiger partial charge in [0.2, 0.25) is 15.9 Å². The molecule has 0 spiro atoms. The SMILES string of the molecule is CCOC(=O)c1ccc(N(CCC(=O)NC2CC2)S(C)(=O)=O)cc1. The number of hydrogen-bond acceptors (Lipinski definition) is 5. The normalized spacial score (nSPS) is 14.1. The summed E-state index contributed by atoms with van der Waals surface area (Å²) >= 11 is 0. The van der Waals surface area contributed by atoms with Gasteiger partial charge in [-0.15, -0.1) is 0 Å². The number of amides is 1. The van der Waals surface area contributed by atoms with Crippen molar-refractivity contribution in [2.45, 2.75) is 32.2 Å². The van der Waals surface area contributed by atoms with Gasteiger partial charge in [-0.1, -0.05) is 0 Å². The molecule has 1 N–H and O–H groups in total. The summed E-state index contributed by atoms with van der Waals surface area (Å²) in [6.45, 7) is 2.03. The molecule has 0 saturated heterocycles. The third kappa shape index (κ3) is 5.23. The standard InChI is InChI=1S/C16H22N2O5S/c1-3-23-16(20)12-4-8-14(9-5-12)18(24(2,21)22)11-10-15(19)17-13-6-7-13/h4-5,8-9,13H,3,6-7,10-11H2,1-2H3,(H,17,19). The summed E-state index contributed by atoms with van der Waals surface area (Å²) in [6.07, 6.45) is 3.14. The van der Waals surface area contributed by atoms with Crippen molar-refractivity contribution in [1.29, 1.82) is 0 Å². The first kappa shape index (κ1) is 18.3. The van der Waals surface area contributed by atoms with Crippen LogP contribution in [0.1, 0.15) is 36.5 Å². The van der Waals surface area contributed by atoms with Crippen molar-refractivity contribution in [1.82, 2.24) is 5.32 Å². The summed E-state index contributed by atoms with van der Waals surface area (Å²) in [7, 11) is -3.53. The number of carbonyl (C=O) groups excluding carboxylic acids is 2. The molecule has 132 valence electrons. The van der Waals surface area contributed by atoms with Gasteiger partial charge in [-0.05, 0) is 44.0 Å². The van der Waals surface area contributed by atoms with Crippen LogP contribution in [0.4, 0.5) is 5.69 Å². The molecule has 7 nitrogen and oxygen atoms in total. The maximum absolute atomic E-state index is 12.0. The van der Waals surface area contributed by atoms with Crippen LogP contribution in [0.25, 0.3) is 0 Å². The Bertz CT molecular complexity index is 696. The molecule has 0 heterocycles. The van der Waals surface area contributed by atoms with Gasteiger partial charge in [0.15, 0.2) is 0 Å². The average Bonchev–Trinajstić information content (AvgIpc) is 3.31. The van der Waals surface area contributed by atoms with E-state index in [0.717, 1.165) is 23.4 Å². The molecule has 2 rings (SSSR count). The van der Waals surface area contributed by atoms with Crippen LogP contribution in [0.5, 0.6) is 0 Å². The highest BCUT2D eigenvalue weighted by Crippen LogP contribution is 2.21. The smallest absolute Gasteiger partial charge is 0.338 e. The fraction of sp³-hybridized carbons (Fsp3) is 0.500. The molecule has 0 radical (unpaired) electrons. The number of nitrogens with one attached hydrogen (secondary N) is 1. The number of nitrogens with zero attached hydrogens (tertiary/aromatic N) is 1. The minimum atomic E-state index is -3.53. The third-order valence-corrected chi connectivity index (χ3v) is 4.75. The second-order valence-corrected chi connectivity index (χ2v) is 7.60. The molecule has 24 heavy (non-hydrogen) atoms. The van der Waals surface area contributed by atoms with Gasteiger partial charge in [0, 0.05) is 19.0 Å². The minimum absolute atomic E-state index is 0.0517. The van der Waals surface area contributed by atoms with Crippen LogP contribution in [0.3, 0.4) is 0 Å². The van der Waals surface area contributed by atoms with Crippen molar-refractivity contribution in [2.24, 2.45) is 0 Å². The molecule has 0 bridgehead atoms. The first-order valence-corrected chi connectivity index (χ1v) is 9.70. The number of carbonyl (C=O) groups is 2. The van der Waals surface area contributed by atoms with Gasteiger partial charge in [-0.3, -0.25) is 9.10 Å². The molecule has 1 aliphatic rings. The second-order valence-electron chi connectivity index (χ2n) is 5.69. The maximum atomic E-state index is 12.0. The van der Waals surface area contributed by atoms with Crippen molar-refractivity contribution >= 4 is 27.6 Å². The molecule has 0 aliphatic heterocycles. The highest BCUT2D eigenvalue weighted by Gasteiger charge is 2.24. The number of anilines is 1. The van der Waals surface area contributed by atoms with Gasteiger partial charge in [-0.25, -0.2) is 13.2 Å². The van der Waals surface area contributed by atoms with E-state index in [1.54, 1.807) is 6.92 Å². The second kappa shape index (κ2) is 7.65. The Labute approximate surface area is 142 Å². The molecule has 0 unspecified atom stereocenters. The number of esters is 1. The first-order valence-electron chi connectivity index (χ1n) is 7.85. The zero-order valence-corrected chi connectivity index (χ0v) is 14.6. The molecule has 0 atom stereocenters. The van der Waals surface area contributed by atoms with E-state index in [1.165, 1.54) is 24.3 Å². The summed E-state index contributed by atoms with van der Waals surface area (Å²) in [4.78, 5) is 23.4. The van der Waals surface area contributed by atoms with E-state index >= 15 is 0 Å². The van der Waals surface area contributed by atoms with Crippen molar-refractivity contribution in [3.63, 3.8) is 0 Å². The zero-order valence-electron chi connectivity index (χ0n) is 13.8. The van der Waals surface area contributed by atoms with Crippen LogP contribution in [0.2, 0.25) is 0 Å². The lowest BCUT2D eigenvalue weighted by Crippen LogP contribution is -2.35. The number of benzene rings is 1. The van der Waals surface area contributed by atoms with Crippen LogP contribution in [-0.4, -0.2) is 45.7 Å². The summed E-state index contributed by atoms with van der Waals surface area (Å²) in [6, 6.07) is 6.33. The Balaban J connectivity index is 2.06. The fourth-order valence-electron chi connectivity index (χ4n) is 2.20. The van der Waals surface area contributed by atoms with Gasteiger partial charge in [0.1, 0.15) is 0 Å². The lowest BCUT2D eigenvalue weighted by atomic mass is 10.2. The summed E-state index contributed by atoms with van der Waals surface area (Å²) in [5.41, 5.74) is 0.755. The van der Waals surface area contributed by atoms with E-state index in [2.05, 4.69) is 5.32 Å². The summed E-state index contributed by atoms with van der Waals surface area (Å²) in [5, 5.41) is 2.83. The maximum Gasteiger partial charge on any atom is 0.338 e. The minimum Gasteiger partial charge on any atom is -0.462 e. The zero-order chi connectivity index (χ0) is 17.7. The van der Waals surface area contributed by atoms with Crippen molar-refractivity contribution in [3.05, 3.63) is 29.8 Å². The molecule has 1 aromatic carbocycles. The molecular formula is C16H22N2O5S. The number of rotatable bonds is 8. The monoisotopic (exact) mass is 354 g/mol. The van der Waals surface area contributed by atoms with Crippen LogP contribution < -0.4 is 9.62 Å².